The van der Waals surface area contributed by atoms with Crippen molar-refractivity contribution in [1.29, 1.82) is 0 Å². The molecule has 2 aromatic carbocycles. The first-order valence-corrected chi connectivity index (χ1v) is 10.8. The van der Waals surface area contributed by atoms with Gasteiger partial charge >= 0.3 is 0 Å². The molecule has 0 unspecified atom stereocenters. The van der Waals surface area contributed by atoms with Crippen LogP contribution in [0.25, 0.3) is 11.3 Å². The van der Waals surface area contributed by atoms with E-state index in [1.54, 1.807) is 31.2 Å². The molecule has 0 atom stereocenters. The Morgan fingerprint density at radius 1 is 1.17 bits per heavy atom. The predicted molar refractivity (Wildman–Crippen MR) is 108 cm³/mol. The number of nitrogens with one attached hydrogen (secondary N) is 1. The van der Waals surface area contributed by atoms with Gasteiger partial charge in [0.25, 0.3) is 0 Å². The van der Waals surface area contributed by atoms with Crippen molar-refractivity contribution in [1.82, 2.24) is 10.5 Å². The van der Waals surface area contributed by atoms with Crippen molar-refractivity contribution in [2.24, 2.45) is 0 Å². The first kappa shape index (κ1) is 21.5. The maximum atomic E-state index is 12.9. The lowest BCUT2D eigenvalue weighted by Crippen LogP contribution is -2.25. The molecule has 0 bridgehead atoms. The van der Waals surface area contributed by atoms with Crippen LogP contribution in [0.3, 0.4) is 0 Å². The summed E-state index contributed by atoms with van der Waals surface area (Å²) in [6, 6.07) is 12.0. The van der Waals surface area contributed by atoms with Gasteiger partial charge in [-0.25, -0.2) is 12.8 Å². The van der Waals surface area contributed by atoms with Crippen LogP contribution >= 0.6 is 0 Å². The number of rotatable bonds is 8. The third-order valence-electron chi connectivity index (χ3n) is 4.41. The molecule has 0 fully saturated rings. The van der Waals surface area contributed by atoms with Crippen LogP contribution in [0, 0.1) is 12.7 Å². The monoisotopic (exact) mass is 432 g/mol. The van der Waals surface area contributed by atoms with E-state index in [1.807, 2.05) is 0 Å². The molecule has 0 spiro atoms. The van der Waals surface area contributed by atoms with Crippen LogP contribution in [0.1, 0.15) is 17.7 Å². The highest BCUT2D eigenvalue weighted by Crippen LogP contribution is 2.31. The van der Waals surface area contributed by atoms with Gasteiger partial charge in [-0.1, -0.05) is 17.3 Å². The van der Waals surface area contributed by atoms with E-state index >= 15 is 0 Å². The standard InChI is InChI=1S/C21H21FN2O5S/c1-14-11-19(29-24-14)16-5-8-18(28-2)20(12-16)30(26,27)10-9-21(25)23-13-15-3-6-17(22)7-4-15/h3-8,11-12H,9-10,13H2,1-2H3,(H,23,25). The first-order chi connectivity index (χ1) is 14.3. The SMILES string of the molecule is COc1ccc(-c2cc(C)no2)cc1S(=O)(=O)CCC(=O)NCc1ccc(F)cc1. The normalized spacial score (nSPS) is 11.3. The van der Waals surface area contributed by atoms with E-state index in [0.29, 0.717) is 22.6 Å². The summed E-state index contributed by atoms with van der Waals surface area (Å²) in [5.41, 5.74) is 1.92. The highest BCUT2D eigenvalue weighted by Gasteiger charge is 2.22. The minimum Gasteiger partial charge on any atom is -0.495 e. The summed E-state index contributed by atoms with van der Waals surface area (Å²) >= 11 is 0. The average Bonchev–Trinajstić information content (AvgIpc) is 3.17. The molecule has 0 saturated carbocycles. The second-order valence-corrected chi connectivity index (χ2v) is 8.75. The molecular formula is C21H21FN2O5S. The molecule has 0 aliphatic heterocycles. The maximum absolute atomic E-state index is 12.9. The molecule has 1 aromatic heterocycles. The minimum atomic E-state index is -3.81. The van der Waals surface area contributed by atoms with Crippen LogP contribution < -0.4 is 10.1 Å². The molecule has 1 N–H and O–H groups in total. The van der Waals surface area contributed by atoms with Crippen LogP contribution in [0.5, 0.6) is 5.75 Å². The Morgan fingerprint density at radius 2 is 1.90 bits per heavy atom. The number of hydrogen-bond donors (Lipinski definition) is 1. The zero-order valence-corrected chi connectivity index (χ0v) is 17.3. The molecule has 0 aliphatic carbocycles. The second kappa shape index (κ2) is 9.08. The zero-order chi connectivity index (χ0) is 21.7. The fraction of sp³-hybridized carbons (Fsp3) is 0.238. The largest absolute Gasteiger partial charge is 0.495 e. The Bertz CT molecular complexity index is 1140. The van der Waals surface area contributed by atoms with Crippen molar-refractivity contribution in [3.8, 4) is 17.1 Å². The fourth-order valence-corrected chi connectivity index (χ4v) is 4.24. The molecule has 3 rings (SSSR count). The van der Waals surface area contributed by atoms with Gasteiger partial charge in [0.15, 0.2) is 15.6 Å². The molecule has 3 aromatic rings. The molecule has 158 valence electrons. The molecule has 7 nitrogen and oxygen atoms in total. The number of amides is 1. The summed E-state index contributed by atoms with van der Waals surface area (Å²) in [7, 11) is -2.43. The highest BCUT2D eigenvalue weighted by molar-refractivity contribution is 7.91. The van der Waals surface area contributed by atoms with Gasteiger partial charge in [-0.15, -0.1) is 0 Å². The Kier molecular flexibility index (Phi) is 6.51. The van der Waals surface area contributed by atoms with Gasteiger partial charge in [0.2, 0.25) is 5.91 Å². The molecule has 0 saturated heterocycles. The Labute approximate surface area is 173 Å². The van der Waals surface area contributed by atoms with Crippen LogP contribution in [0.2, 0.25) is 0 Å². The number of hydrogen-bond acceptors (Lipinski definition) is 6. The summed E-state index contributed by atoms with van der Waals surface area (Å²) in [6.45, 7) is 1.95. The van der Waals surface area contributed by atoms with Gasteiger partial charge < -0.3 is 14.6 Å². The number of carbonyl (C=O) groups excluding carboxylic acids is 1. The number of aromatic nitrogens is 1. The van der Waals surface area contributed by atoms with Crippen molar-refractivity contribution in [3.63, 3.8) is 0 Å². The highest BCUT2D eigenvalue weighted by atomic mass is 32.2. The van der Waals surface area contributed by atoms with Crippen LogP contribution in [0.15, 0.2) is 57.9 Å². The topological polar surface area (TPSA) is 98.5 Å². The van der Waals surface area contributed by atoms with Crippen molar-refractivity contribution in [2.75, 3.05) is 12.9 Å². The number of benzene rings is 2. The zero-order valence-electron chi connectivity index (χ0n) is 16.5. The quantitative estimate of drug-likeness (QED) is 0.587. The number of methoxy groups -OCH3 is 1. The van der Waals surface area contributed by atoms with Crippen molar-refractivity contribution < 1.29 is 26.9 Å². The molecule has 9 heteroatoms. The van der Waals surface area contributed by atoms with Crippen LogP contribution in [-0.4, -0.2) is 32.3 Å². The second-order valence-electron chi connectivity index (χ2n) is 6.67. The summed E-state index contributed by atoms with van der Waals surface area (Å²) < 4.78 is 49.1. The first-order valence-electron chi connectivity index (χ1n) is 9.14. The molecule has 1 heterocycles. The van der Waals surface area contributed by atoms with E-state index in [-0.39, 0.29) is 29.4 Å². The molecular weight excluding hydrogens is 411 g/mol. The number of sulfone groups is 1. The molecule has 0 aliphatic rings. The third-order valence-corrected chi connectivity index (χ3v) is 6.14. The van der Waals surface area contributed by atoms with Crippen LogP contribution in [0.4, 0.5) is 4.39 Å². The summed E-state index contributed by atoms with van der Waals surface area (Å²) in [5.74, 6) is -0.570. The Morgan fingerprint density at radius 3 is 2.53 bits per heavy atom. The average molecular weight is 432 g/mol. The Balaban J connectivity index is 1.69. The smallest absolute Gasteiger partial charge is 0.221 e. The number of carbonyl (C=O) groups is 1. The van der Waals surface area contributed by atoms with Crippen molar-refractivity contribution >= 4 is 15.7 Å². The van der Waals surface area contributed by atoms with E-state index in [9.17, 15) is 17.6 Å². The van der Waals surface area contributed by atoms with Gasteiger partial charge in [-0.05, 0) is 42.8 Å². The molecule has 1 amide bonds. The minimum absolute atomic E-state index is 0.0251. The van der Waals surface area contributed by atoms with E-state index in [1.165, 1.54) is 31.4 Å². The number of aryl methyl sites for hydroxylation is 1. The number of halogens is 1. The fourth-order valence-electron chi connectivity index (χ4n) is 2.80. The summed E-state index contributed by atoms with van der Waals surface area (Å²) in [6.07, 6.45) is -0.224. The van der Waals surface area contributed by atoms with Gasteiger partial charge in [-0.2, -0.15) is 0 Å². The molecule has 30 heavy (non-hydrogen) atoms. The lowest BCUT2D eigenvalue weighted by Gasteiger charge is -2.11. The maximum Gasteiger partial charge on any atom is 0.221 e. The number of ether oxygens (including phenoxy) is 1. The van der Waals surface area contributed by atoms with Crippen molar-refractivity contribution in [3.05, 3.63) is 65.6 Å². The molecule has 0 radical (unpaired) electrons. The van der Waals surface area contributed by atoms with Gasteiger partial charge in [0.05, 0.1) is 18.6 Å². The summed E-state index contributed by atoms with van der Waals surface area (Å²) in [4.78, 5) is 12.1. The van der Waals surface area contributed by atoms with Gasteiger partial charge in [0.1, 0.15) is 16.5 Å². The Hall–Kier alpha value is -3.20. The van der Waals surface area contributed by atoms with E-state index in [4.69, 9.17) is 9.26 Å². The van der Waals surface area contributed by atoms with Gasteiger partial charge in [-0.3, -0.25) is 4.79 Å². The number of nitrogens with zero attached hydrogens (tertiary/aromatic N) is 1. The summed E-state index contributed by atoms with van der Waals surface area (Å²) in [5, 5.41) is 6.44. The van der Waals surface area contributed by atoms with Crippen LogP contribution in [-0.2, 0) is 21.2 Å². The van der Waals surface area contributed by atoms with E-state index in [2.05, 4.69) is 10.5 Å². The lowest BCUT2D eigenvalue weighted by atomic mass is 10.1. The van der Waals surface area contributed by atoms with E-state index < -0.39 is 21.5 Å². The van der Waals surface area contributed by atoms with E-state index in [0.717, 1.165) is 0 Å². The lowest BCUT2D eigenvalue weighted by molar-refractivity contribution is -0.120. The predicted octanol–water partition coefficient (Wildman–Crippen LogP) is 3.28. The third kappa shape index (κ3) is 5.24. The van der Waals surface area contributed by atoms with Crippen molar-refractivity contribution in [2.45, 2.75) is 24.8 Å². The van der Waals surface area contributed by atoms with Gasteiger partial charge in [0, 0.05) is 24.6 Å².